The van der Waals surface area contributed by atoms with E-state index in [1.165, 1.54) is 11.3 Å². The van der Waals surface area contributed by atoms with Crippen LogP contribution in [0.5, 0.6) is 11.5 Å². The number of nitrogens with one attached hydrogen (secondary N) is 1. The number of ether oxygens (including phenoxy) is 2. The summed E-state index contributed by atoms with van der Waals surface area (Å²) in [6.45, 7) is 3.63. The molecule has 1 N–H and O–H groups in total. The summed E-state index contributed by atoms with van der Waals surface area (Å²) in [6.07, 6.45) is 3.17. The van der Waals surface area contributed by atoms with Gasteiger partial charge >= 0.3 is 0 Å². The van der Waals surface area contributed by atoms with E-state index in [1.54, 1.807) is 18.2 Å². The lowest BCUT2D eigenvalue weighted by atomic mass is 10.0. The molecule has 2 aromatic carbocycles. The highest BCUT2D eigenvalue weighted by atomic mass is 32.1. The molecule has 0 unspecified atom stereocenters. The molecule has 6 nitrogen and oxygen atoms in total. The molecule has 7 heteroatoms. The molecule has 0 bridgehead atoms. The maximum Gasteiger partial charge on any atom is 0.257 e. The Morgan fingerprint density at radius 1 is 0.969 bits per heavy atom. The van der Waals surface area contributed by atoms with Gasteiger partial charge in [0.2, 0.25) is 6.79 Å². The monoisotopic (exact) mass is 448 g/mol. The minimum absolute atomic E-state index is 0.0124. The number of nitrogens with zero attached hydrogens (tertiary/aromatic N) is 1. The van der Waals surface area contributed by atoms with E-state index in [9.17, 15) is 9.59 Å². The molecule has 1 aromatic heterocycles. The molecule has 0 saturated carbocycles. The molecule has 1 saturated heterocycles. The number of carbonyl (C=O) groups excluding carboxylic acids is 2. The van der Waals surface area contributed by atoms with Gasteiger partial charge in [-0.05, 0) is 55.5 Å². The summed E-state index contributed by atoms with van der Waals surface area (Å²) in [5.74, 6) is 0.883. The molecule has 0 spiro atoms. The Morgan fingerprint density at radius 3 is 2.50 bits per heavy atom. The van der Waals surface area contributed by atoms with Crippen LogP contribution in [-0.4, -0.2) is 36.6 Å². The van der Waals surface area contributed by atoms with E-state index in [1.807, 2.05) is 42.2 Å². The molecule has 1 fully saturated rings. The highest BCUT2D eigenvalue weighted by molar-refractivity contribution is 7.20. The number of rotatable bonds is 4. The molecular weight excluding hydrogens is 424 g/mol. The summed E-state index contributed by atoms with van der Waals surface area (Å²) >= 11 is 1.44. The van der Waals surface area contributed by atoms with Crippen molar-refractivity contribution in [3.63, 3.8) is 0 Å². The Hall–Kier alpha value is -3.32. The van der Waals surface area contributed by atoms with Gasteiger partial charge in [0.1, 0.15) is 5.00 Å². The van der Waals surface area contributed by atoms with Gasteiger partial charge in [-0.25, -0.2) is 0 Å². The molecule has 0 radical (unpaired) electrons. The standard InChI is InChI=1S/C25H24N2O4S/c1-16-21(25(29)27-12-6-3-7-13-27)24(32-22(16)17-8-4-2-5-9-17)26-23(28)18-10-11-19-20(14-18)31-15-30-19/h2,4-5,8-11,14H,3,6-7,12-13,15H2,1H3,(H,26,28). The van der Waals surface area contributed by atoms with E-state index < -0.39 is 0 Å². The average Bonchev–Trinajstić information content (AvgIpc) is 3.43. The number of hydrogen-bond donors (Lipinski definition) is 1. The van der Waals surface area contributed by atoms with Gasteiger partial charge < -0.3 is 19.7 Å². The summed E-state index contributed by atoms with van der Waals surface area (Å²) in [6, 6.07) is 15.1. The Morgan fingerprint density at radius 2 is 1.72 bits per heavy atom. The molecule has 2 amide bonds. The molecule has 2 aliphatic heterocycles. The van der Waals surface area contributed by atoms with Gasteiger partial charge in [-0.3, -0.25) is 9.59 Å². The predicted molar refractivity (Wildman–Crippen MR) is 125 cm³/mol. The van der Waals surface area contributed by atoms with Gasteiger partial charge in [-0.2, -0.15) is 0 Å². The molecule has 32 heavy (non-hydrogen) atoms. The van der Waals surface area contributed by atoms with E-state index >= 15 is 0 Å². The Labute approximate surface area is 190 Å². The summed E-state index contributed by atoms with van der Waals surface area (Å²) in [7, 11) is 0. The molecular formula is C25H24N2O4S. The van der Waals surface area contributed by atoms with E-state index in [0.29, 0.717) is 27.6 Å². The largest absolute Gasteiger partial charge is 0.454 e. The predicted octanol–water partition coefficient (Wildman–Crippen LogP) is 5.33. The zero-order valence-electron chi connectivity index (χ0n) is 17.8. The Kier molecular flexibility index (Phi) is 5.57. The SMILES string of the molecule is Cc1c(-c2ccccc2)sc(NC(=O)c2ccc3c(c2)OCO3)c1C(=O)N1CCCCC1. The van der Waals surface area contributed by atoms with Gasteiger partial charge in [-0.1, -0.05) is 30.3 Å². The zero-order valence-corrected chi connectivity index (χ0v) is 18.7. The van der Waals surface area contributed by atoms with Crippen molar-refractivity contribution in [3.8, 4) is 21.9 Å². The second-order valence-corrected chi connectivity index (χ2v) is 9.02. The number of thiophene rings is 1. The number of amides is 2. The second-order valence-electron chi connectivity index (χ2n) is 8.00. The topological polar surface area (TPSA) is 67.9 Å². The summed E-state index contributed by atoms with van der Waals surface area (Å²) in [5, 5.41) is 3.59. The zero-order chi connectivity index (χ0) is 22.1. The first-order valence-corrected chi connectivity index (χ1v) is 11.6. The van der Waals surface area contributed by atoms with E-state index in [-0.39, 0.29) is 18.6 Å². The lowest BCUT2D eigenvalue weighted by Crippen LogP contribution is -2.36. The van der Waals surface area contributed by atoms with E-state index in [0.717, 1.165) is 48.4 Å². The van der Waals surface area contributed by atoms with Gasteiger partial charge in [0, 0.05) is 23.5 Å². The smallest absolute Gasteiger partial charge is 0.257 e. The molecule has 5 rings (SSSR count). The lowest BCUT2D eigenvalue weighted by molar-refractivity contribution is 0.0725. The number of fused-ring (bicyclic) bond motifs is 1. The fraction of sp³-hybridized carbons (Fsp3) is 0.280. The fourth-order valence-electron chi connectivity index (χ4n) is 4.19. The quantitative estimate of drug-likeness (QED) is 0.586. The summed E-state index contributed by atoms with van der Waals surface area (Å²) in [5.41, 5.74) is 2.98. The van der Waals surface area contributed by atoms with E-state index in [2.05, 4.69) is 5.32 Å². The van der Waals surface area contributed by atoms with Gasteiger partial charge in [0.15, 0.2) is 11.5 Å². The van der Waals surface area contributed by atoms with Crippen molar-refractivity contribution >= 4 is 28.2 Å². The van der Waals surface area contributed by atoms with Crippen molar-refractivity contribution in [2.75, 3.05) is 25.2 Å². The second kappa shape index (κ2) is 8.67. The number of hydrogen-bond acceptors (Lipinski definition) is 5. The van der Waals surface area contributed by atoms with Crippen LogP contribution in [0.4, 0.5) is 5.00 Å². The number of carbonyl (C=O) groups is 2. The summed E-state index contributed by atoms with van der Waals surface area (Å²) < 4.78 is 10.7. The van der Waals surface area contributed by atoms with Crippen molar-refractivity contribution in [3.05, 3.63) is 65.2 Å². The number of piperidine rings is 1. The number of anilines is 1. The van der Waals surface area contributed by atoms with Crippen LogP contribution in [0.3, 0.4) is 0 Å². The van der Waals surface area contributed by atoms with Crippen molar-refractivity contribution in [2.24, 2.45) is 0 Å². The van der Waals surface area contributed by atoms with Gasteiger partial charge in [0.05, 0.1) is 5.56 Å². The third-order valence-corrected chi connectivity index (χ3v) is 7.16. The average molecular weight is 449 g/mol. The highest BCUT2D eigenvalue weighted by Gasteiger charge is 2.28. The van der Waals surface area contributed by atoms with Crippen molar-refractivity contribution in [1.82, 2.24) is 4.90 Å². The third-order valence-electron chi connectivity index (χ3n) is 5.90. The Bertz CT molecular complexity index is 1170. The fourth-order valence-corrected chi connectivity index (χ4v) is 5.39. The number of likely N-dealkylation sites (tertiary alicyclic amines) is 1. The van der Waals surface area contributed by atoms with Crippen LogP contribution in [-0.2, 0) is 0 Å². The van der Waals surface area contributed by atoms with E-state index in [4.69, 9.17) is 9.47 Å². The maximum atomic E-state index is 13.5. The highest BCUT2D eigenvalue weighted by Crippen LogP contribution is 2.41. The van der Waals surface area contributed by atoms with Gasteiger partial charge in [-0.15, -0.1) is 11.3 Å². The van der Waals surface area contributed by atoms with Crippen LogP contribution in [0, 0.1) is 6.92 Å². The normalized spacial score (nSPS) is 15.0. The number of benzene rings is 2. The Balaban J connectivity index is 1.51. The van der Waals surface area contributed by atoms with Crippen LogP contribution < -0.4 is 14.8 Å². The van der Waals surface area contributed by atoms with Crippen molar-refractivity contribution in [2.45, 2.75) is 26.2 Å². The van der Waals surface area contributed by atoms with Crippen LogP contribution in [0.2, 0.25) is 0 Å². The minimum Gasteiger partial charge on any atom is -0.454 e. The lowest BCUT2D eigenvalue weighted by Gasteiger charge is -2.27. The van der Waals surface area contributed by atoms with Crippen LogP contribution in [0.1, 0.15) is 45.5 Å². The first kappa shape index (κ1) is 20.6. The van der Waals surface area contributed by atoms with Gasteiger partial charge in [0.25, 0.3) is 11.8 Å². The molecule has 0 atom stereocenters. The molecule has 164 valence electrons. The minimum atomic E-state index is -0.281. The van der Waals surface area contributed by atoms with Crippen LogP contribution in [0.25, 0.3) is 10.4 Å². The molecule has 3 heterocycles. The first-order valence-electron chi connectivity index (χ1n) is 10.8. The molecule has 2 aliphatic rings. The summed E-state index contributed by atoms with van der Waals surface area (Å²) in [4.78, 5) is 29.5. The van der Waals surface area contributed by atoms with Crippen molar-refractivity contribution < 1.29 is 19.1 Å². The van der Waals surface area contributed by atoms with Crippen molar-refractivity contribution in [1.29, 1.82) is 0 Å². The van der Waals surface area contributed by atoms with Crippen LogP contribution >= 0.6 is 11.3 Å². The molecule has 0 aliphatic carbocycles. The first-order chi connectivity index (χ1) is 15.6. The maximum absolute atomic E-state index is 13.5. The molecule has 3 aromatic rings. The third kappa shape index (κ3) is 3.84. The van der Waals surface area contributed by atoms with Crippen LogP contribution in [0.15, 0.2) is 48.5 Å².